The van der Waals surface area contributed by atoms with Crippen LogP contribution in [0.1, 0.15) is 18.4 Å². The maximum Gasteiger partial charge on any atom is 0.275 e. The monoisotopic (exact) mass is 396 g/mol. The van der Waals surface area contributed by atoms with Gasteiger partial charge in [-0.2, -0.15) is 0 Å². The highest BCUT2D eigenvalue weighted by Crippen LogP contribution is 2.17. The molecule has 0 aliphatic carbocycles. The summed E-state index contributed by atoms with van der Waals surface area (Å²) in [6, 6.07) is 17.4. The van der Waals surface area contributed by atoms with Crippen LogP contribution in [0, 0.1) is 5.92 Å². The molecule has 0 saturated carbocycles. The summed E-state index contributed by atoms with van der Waals surface area (Å²) in [5.41, 5.74) is 1.93. The van der Waals surface area contributed by atoms with Gasteiger partial charge in [0, 0.05) is 31.0 Å². The van der Waals surface area contributed by atoms with Crippen LogP contribution >= 0.6 is 0 Å². The van der Waals surface area contributed by atoms with Crippen molar-refractivity contribution >= 4 is 17.5 Å². The van der Waals surface area contributed by atoms with E-state index in [0.29, 0.717) is 13.1 Å². The Morgan fingerprint density at radius 2 is 1.72 bits per heavy atom. The van der Waals surface area contributed by atoms with Crippen molar-refractivity contribution in [1.82, 2.24) is 5.32 Å². The Hall–Kier alpha value is -2.86. The number of rotatable bonds is 8. The van der Waals surface area contributed by atoms with Crippen molar-refractivity contribution in [2.24, 2.45) is 5.92 Å². The van der Waals surface area contributed by atoms with Gasteiger partial charge in [0.25, 0.3) is 5.91 Å². The lowest BCUT2D eigenvalue weighted by Gasteiger charge is -2.28. The summed E-state index contributed by atoms with van der Waals surface area (Å²) in [7, 11) is 1.66. The second-order valence-corrected chi connectivity index (χ2v) is 7.47. The molecule has 0 radical (unpaired) electrons. The first kappa shape index (κ1) is 20.9. The molecule has 6 nitrogen and oxygen atoms in total. The molecular formula is C23H30N3O3+. The first-order valence-electron chi connectivity index (χ1n) is 10.2. The molecule has 0 bridgehead atoms. The van der Waals surface area contributed by atoms with Gasteiger partial charge in [0.15, 0.2) is 6.54 Å². The highest BCUT2D eigenvalue weighted by Gasteiger charge is 2.28. The molecule has 154 valence electrons. The molecule has 1 heterocycles. The number of carbonyl (C=O) groups is 2. The average Bonchev–Trinajstić information content (AvgIpc) is 2.75. The van der Waals surface area contributed by atoms with E-state index in [2.05, 4.69) is 10.6 Å². The summed E-state index contributed by atoms with van der Waals surface area (Å²) in [6.45, 7) is 2.73. The lowest BCUT2D eigenvalue weighted by atomic mass is 9.96. The third kappa shape index (κ3) is 6.32. The topological polar surface area (TPSA) is 71.9 Å². The van der Waals surface area contributed by atoms with E-state index in [0.717, 1.165) is 49.4 Å². The zero-order valence-corrected chi connectivity index (χ0v) is 16.9. The van der Waals surface area contributed by atoms with Crippen LogP contribution in [0.2, 0.25) is 0 Å². The molecule has 1 aliphatic heterocycles. The van der Waals surface area contributed by atoms with Gasteiger partial charge in [-0.05, 0) is 30.2 Å². The molecule has 2 aromatic carbocycles. The molecule has 3 N–H and O–H groups in total. The van der Waals surface area contributed by atoms with Gasteiger partial charge in [-0.3, -0.25) is 9.59 Å². The van der Waals surface area contributed by atoms with Gasteiger partial charge in [0.1, 0.15) is 5.75 Å². The number of amides is 2. The minimum Gasteiger partial charge on any atom is -0.496 e. The van der Waals surface area contributed by atoms with Crippen molar-refractivity contribution in [3.8, 4) is 5.75 Å². The number of methoxy groups -OCH3 is 1. The van der Waals surface area contributed by atoms with E-state index in [1.165, 1.54) is 4.90 Å². The van der Waals surface area contributed by atoms with E-state index in [9.17, 15) is 9.59 Å². The van der Waals surface area contributed by atoms with Gasteiger partial charge in [-0.1, -0.05) is 36.4 Å². The van der Waals surface area contributed by atoms with Gasteiger partial charge < -0.3 is 20.3 Å². The Morgan fingerprint density at radius 3 is 2.45 bits per heavy atom. The van der Waals surface area contributed by atoms with E-state index >= 15 is 0 Å². The average molecular weight is 397 g/mol. The minimum absolute atomic E-state index is 0.0209. The summed E-state index contributed by atoms with van der Waals surface area (Å²) < 4.78 is 5.34. The number of hydrogen-bond donors (Lipinski definition) is 3. The zero-order chi connectivity index (χ0) is 20.5. The Bertz CT molecular complexity index is 802. The molecule has 0 spiro atoms. The summed E-state index contributed by atoms with van der Waals surface area (Å²) in [6.07, 6.45) is 2.36. The van der Waals surface area contributed by atoms with E-state index in [-0.39, 0.29) is 17.7 Å². The maximum atomic E-state index is 12.4. The van der Waals surface area contributed by atoms with Gasteiger partial charge in [0.05, 0.1) is 20.2 Å². The molecule has 2 amide bonds. The fourth-order valence-electron chi connectivity index (χ4n) is 3.77. The fourth-order valence-corrected chi connectivity index (χ4v) is 3.77. The van der Waals surface area contributed by atoms with Crippen LogP contribution in [0.25, 0.3) is 0 Å². The van der Waals surface area contributed by atoms with Crippen LogP contribution < -0.4 is 20.3 Å². The highest BCUT2D eigenvalue weighted by molar-refractivity contribution is 5.92. The highest BCUT2D eigenvalue weighted by atomic mass is 16.5. The number of quaternary nitrogens is 1. The summed E-state index contributed by atoms with van der Waals surface area (Å²) in [5.74, 6) is 1.01. The van der Waals surface area contributed by atoms with Crippen LogP contribution in [0.5, 0.6) is 5.75 Å². The van der Waals surface area contributed by atoms with E-state index in [1.54, 1.807) is 7.11 Å². The van der Waals surface area contributed by atoms with Crippen molar-refractivity contribution in [2.75, 3.05) is 38.6 Å². The maximum absolute atomic E-state index is 12.4. The van der Waals surface area contributed by atoms with Crippen molar-refractivity contribution in [3.05, 3.63) is 60.2 Å². The molecule has 0 aromatic heterocycles. The SMILES string of the molecule is COc1ccccc1CCNC(=O)C[NH+]1CCC(C(=O)Nc2ccccc2)CC1. The first-order chi connectivity index (χ1) is 14.2. The van der Waals surface area contributed by atoms with Crippen LogP contribution in [0.15, 0.2) is 54.6 Å². The molecule has 0 atom stereocenters. The van der Waals surface area contributed by atoms with E-state index < -0.39 is 0 Å². The normalized spacial score (nSPS) is 18.7. The number of likely N-dealkylation sites (tertiary alicyclic amines) is 1. The number of nitrogens with one attached hydrogen (secondary N) is 3. The lowest BCUT2D eigenvalue weighted by molar-refractivity contribution is -0.897. The smallest absolute Gasteiger partial charge is 0.275 e. The summed E-state index contributed by atoms with van der Waals surface area (Å²) >= 11 is 0. The van der Waals surface area contributed by atoms with E-state index in [1.807, 2.05) is 54.6 Å². The summed E-state index contributed by atoms with van der Waals surface area (Å²) in [4.78, 5) is 25.9. The van der Waals surface area contributed by atoms with Crippen LogP contribution in [-0.2, 0) is 16.0 Å². The van der Waals surface area contributed by atoms with Gasteiger partial charge in [-0.25, -0.2) is 0 Å². The predicted molar refractivity (Wildman–Crippen MR) is 113 cm³/mol. The summed E-state index contributed by atoms with van der Waals surface area (Å²) in [5, 5.41) is 5.98. The Morgan fingerprint density at radius 1 is 1.03 bits per heavy atom. The molecular weight excluding hydrogens is 366 g/mol. The molecule has 2 aromatic rings. The molecule has 1 saturated heterocycles. The molecule has 6 heteroatoms. The number of carbonyl (C=O) groups excluding carboxylic acids is 2. The largest absolute Gasteiger partial charge is 0.496 e. The number of piperidine rings is 1. The Kier molecular flexibility index (Phi) is 7.64. The van der Waals surface area contributed by atoms with Gasteiger partial charge >= 0.3 is 0 Å². The minimum atomic E-state index is 0.0209. The van der Waals surface area contributed by atoms with Gasteiger partial charge in [-0.15, -0.1) is 0 Å². The zero-order valence-electron chi connectivity index (χ0n) is 16.9. The quantitative estimate of drug-likeness (QED) is 0.630. The third-order valence-corrected chi connectivity index (χ3v) is 5.42. The second-order valence-electron chi connectivity index (χ2n) is 7.47. The first-order valence-corrected chi connectivity index (χ1v) is 10.2. The lowest BCUT2D eigenvalue weighted by Crippen LogP contribution is -3.14. The van der Waals surface area contributed by atoms with Crippen molar-refractivity contribution in [3.63, 3.8) is 0 Å². The molecule has 3 rings (SSSR count). The molecule has 1 aliphatic rings. The number of para-hydroxylation sites is 2. The third-order valence-electron chi connectivity index (χ3n) is 5.42. The van der Waals surface area contributed by atoms with Crippen LogP contribution in [0.4, 0.5) is 5.69 Å². The van der Waals surface area contributed by atoms with Crippen LogP contribution in [-0.4, -0.2) is 45.1 Å². The Balaban J connectivity index is 1.35. The molecule has 29 heavy (non-hydrogen) atoms. The number of hydrogen-bond acceptors (Lipinski definition) is 3. The Labute approximate surface area is 172 Å². The van der Waals surface area contributed by atoms with Gasteiger partial charge in [0.2, 0.25) is 5.91 Å². The van der Waals surface area contributed by atoms with E-state index in [4.69, 9.17) is 4.74 Å². The van der Waals surface area contributed by atoms with Crippen molar-refractivity contribution in [2.45, 2.75) is 19.3 Å². The second kappa shape index (κ2) is 10.6. The predicted octanol–water partition coefficient (Wildman–Crippen LogP) is 1.29. The molecule has 0 unspecified atom stereocenters. The number of benzene rings is 2. The van der Waals surface area contributed by atoms with Crippen molar-refractivity contribution in [1.29, 1.82) is 0 Å². The van der Waals surface area contributed by atoms with Crippen molar-refractivity contribution < 1.29 is 19.2 Å². The number of anilines is 1. The number of ether oxygens (including phenoxy) is 1. The standard InChI is InChI=1S/C23H29N3O3/c1-29-21-10-6-5-7-18(21)11-14-24-22(27)17-26-15-12-19(13-16-26)23(28)25-20-8-3-2-4-9-20/h2-10,19H,11-17H2,1H3,(H,24,27)(H,25,28)/p+1. The molecule has 1 fully saturated rings. The fraction of sp³-hybridized carbons (Fsp3) is 0.391. The van der Waals surface area contributed by atoms with Crippen LogP contribution in [0.3, 0.4) is 0 Å².